The zero-order valence-corrected chi connectivity index (χ0v) is 27.5. The van der Waals surface area contributed by atoms with Crippen LogP contribution in [0.5, 0.6) is 5.75 Å². The van der Waals surface area contributed by atoms with Gasteiger partial charge in [0, 0.05) is 29.3 Å². The highest BCUT2D eigenvalue weighted by Crippen LogP contribution is 2.23. The van der Waals surface area contributed by atoms with Crippen LogP contribution in [0.15, 0.2) is 89.9 Å². The Bertz CT molecular complexity index is 1800. The van der Waals surface area contributed by atoms with E-state index in [9.17, 15) is 24.3 Å². The summed E-state index contributed by atoms with van der Waals surface area (Å²) in [4.78, 5) is 50.3. The van der Waals surface area contributed by atoms with Crippen LogP contribution in [0.3, 0.4) is 0 Å². The number of benzene rings is 3. The van der Waals surface area contributed by atoms with Crippen LogP contribution in [0.2, 0.25) is 0 Å². The second-order valence-corrected chi connectivity index (χ2v) is 12.2. The first-order valence-corrected chi connectivity index (χ1v) is 15.7. The Hall–Kier alpha value is -5.24. The van der Waals surface area contributed by atoms with Gasteiger partial charge in [-0.25, -0.2) is 4.79 Å². The summed E-state index contributed by atoms with van der Waals surface area (Å²) in [7, 11) is 0. The predicted octanol–water partition coefficient (Wildman–Crippen LogP) is 7.12. The topological polar surface area (TPSA) is 112 Å². The first kappa shape index (κ1) is 34.6. The van der Waals surface area contributed by atoms with E-state index in [0.29, 0.717) is 41.8 Å². The molecular weight excluding hydrogens is 594 g/mol. The molecule has 0 unspecified atom stereocenters. The van der Waals surface area contributed by atoms with Crippen LogP contribution in [0.1, 0.15) is 84.3 Å². The first-order chi connectivity index (χ1) is 22.3. The number of carboxylic acids is 1. The number of nitrogens with zero attached hydrogens (tertiary/aromatic N) is 1. The van der Waals surface area contributed by atoms with Gasteiger partial charge in [-0.1, -0.05) is 66.7 Å². The summed E-state index contributed by atoms with van der Waals surface area (Å²) in [5.74, 6) is -1.09. The van der Waals surface area contributed by atoms with E-state index in [1.807, 2.05) is 67.7 Å². The van der Waals surface area contributed by atoms with E-state index in [0.717, 1.165) is 22.3 Å². The van der Waals surface area contributed by atoms with Crippen molar-refractivity contribution in [1.82, 2.24) is 4.57 Å². The van der Waals surface area contributed by atoms with Crippen LogP contribution in [-0.2, 0) is 27.3 Å². The molecule has 0 fully saturated rings. The highest BCUT2D eigenvalue weighted by atomic mass is 16.6. The summed E-state index contributed by atoms with van der Waals surface area (Å²) >= 11 is 0. The minimum Gasteiger partial charge on any atom is -0.481 e. The molecule has 8 nitrogen and oxygen atoms in total. The largest absolute Gasteiger partial charge is 0.481 e. The molecule has 0 radical (unpaired) electrons. The molecule has 1 aromatic heterocycles. The molecule has 4 aromatic rings. The lowest BCUT2D eigenvalue weighted by atomic mass is 9.98. The molecule has 0 aliphatic heterocycles. The Labute approximate surface area is 275 Å². The highest BCUT2D eigenvalue weighted by molar-refractivity contribution is 6.09. The molecule has 0 aliphatic carbocycles. The molecule has 47 heavy (non-hydrogen) atoms. The summed E-state index contributed by atoms with van der Waals surface area (Å²) in [5, 5.41) is 9.17. The number of pyridine rings is 1. The molecule has 0 amide bonds. The number of esters is 1. The van der Waals surface area contributed by atoms with Gasteiger partial charge in [0.2, 0.25) is 0 Å². The lowest BCUT2D eigenvalue weighted by Gasteiger charge is -2.25. The standard InChI is InChI=1S/C39H41NO7/c1-26(2)46-38(45)39(4,5)47-32-21-19-31(20-22-32)36(43)30-17-14-28(15-18-30)16-23-33-27(3)24-40(25-29-10-7-6-8-11-29)37(44)34(33)12-9-13-35(41)42/h6-8,10-11,14-24,26H,9,12-13,25H2,1-5H3,(H,41,42)/b23-16+. The Balaban J connectivity index is 1.50. The van der Waals surface area contributed by atoms with Crippen molar-refractivity contribution >= 4 is 29.9 Å². The molecule has 4 rings (SSSR count). The number of aromatic nitrogens is 1. The molecule has 1 N–H and O–H groups in total. The number of rotatable bonds is 14. The maximum absolute atomic E-state index is 13.6. The average molecular weight is 636 g/mol. The van der Waals surface area contributed by atoms with Crippen LogP contribution in [0.4, 0.5) is 0 Å². The van der Waals surface area contributed by atoms with Gasteiger partial charge in [-0.05, 0) is 94.0 Å². The van der Waals surface area contributed by atoms with Crippen molar-refractivity contribution in [2.24, 2.45) is 0 Å². The maximum Gasteiger partial charge on any atom is 0.350 e. The lowest BCUT2D eigenvalue weighted by Crippen LogP contribution is -2.40. The molecular formula is C39H41NO7. The molecule has 0 bridgehead atoms. The van der Waals surface area contributed by atoms with Crippen molar-refractivity contribution in [1.29, 1.82) is 0 Å². The Morgan fingerprint density at radius 1 is 0.894 bits per heavy atom. The maximum atomic E-state index is 13.6. The van der Waals surface area contributed by atoms with E-state index in [1.165, 1.54) is 0 Å². The molecule has 244 valence electrons. The number of ether oxygens (including phenoxy) is 2. The number of carbonyl (C=O) groups is 3. The van der Waals surface area contributed by atoms with Gasteiger partial charge in [0.05, 0.1) is 12.6 Å². The molecule has 0 saturated heterocycles. The van der Waals surface area contributed by atoms with Gasteiger partial charge < -0.3 is 19.1 Å². The zero-order valence-electron chi connectivity index (χ0n) is 27.5. The van der Waals surface area contributed by atoms with Crippen LogP contribution >= 0.6 is 0 Å². The van der Waals surface area contributed by atoms with Crippen LogP contribution in [0.25, 0.3) is 12.2 Å². The number of hydrogen-bond donors (Lipinski definition) is 1. The molecule has 3 aromatic carbocycles. The number of ketones is 1. The van der Waals surface area contributed by atoms with Crippen molar-refractivity contribution in [3.8, 4) is 5.75 Å². The number of aliphatic carboxylic acids is 1. The van der Waals surface area contributed by atoms with Crippen LogP contribution < -0.4 is 10.3 Å². The van der Waals surface area contributed by atoms with Gasteiger partial charge in [-0.3, -0.25) is 14.4 Å². The van der Waals surface area contributed by atoms with E-state index in [2.05, 4.69) is 0 Å². The normalized spacial score (nSPS) is 11.5. The minimum atomic E-state index is -1.19. The smallest absolute Gasteiger partial charge is 0.350 e. The fraction of sp³-hybridized carbons (Fsp3) is 0.282. The zero-order chi connectivity index (χ0) is 34.1. The summed E-state index contributed by atoms with van der Waals surface area (Å²) in [6, 6.07) is 23.5. The quantitative estimate of drug-likeness (QED) is 0.116. The van der Waals surface area contributed by atoms with Gasteiger partial charge in [0.25, 0.3) is 5.56 Å². The third kappa shape index (κ3) is 9.39. The average Bonchev–Trinajstić information content (AvgIpc) is 3.03. The third-order valence-corrected chi connectivity index (χ3v) is 7.57. The monoisotopic (exact) mass is 635 g/mol. The molecule has 8 heteroatoms. The summed E-state index contributed by atoms with van der Waals surface area (Å²) in [5.41, 5.74) is 3.75. The summed E-state index contributed by atoms with van der Waals surface area (Å²) in [6.07, 6.45) is 6.03. The van der Waals surface area contributed by atoms with Gasteiger partial charge >= 0.3 is 11.9 Å². The molecule has 0 aliphatic rings. The van der Waals surface area contributed by atoms with Gasteiger partial charge in [0.15, 0.2) is 11.4 Å². The van der Waals surface area contributed by atoms with E-state index in [-0.39, 0.29) is 23.9 Å². The fourth-order valence-electron chi connectivity index (χ4n) is 5.13. The fourth-order valence-corrected chi connectivity index (χ4v) is 5.13. The molecule has 1 heterocycles. The van der Waals surface area contributed by atoms with Crippen molar-refractivity contribution in [3.63, 3.8) is 0 Å². The predicted molar refractivity (Wildman–Crippen MR) is 183 cm³/mol. The van der Waals surface area contributed by atoms with E-state index in [4.69, 9.17) is 9.47 Å². The highest BCUT2D eigenvalue weighted by Gasteiger charge is 2.32. The van der Waals surface area contributed by atoms with Crippen molar-refractivity contribution in [3.05, 3.63) is 134 Å². The number of carbonyl (C=O) groups excluding carboxylic acids is 2. The number of aryl methyl sites for hydroxylation is 1. The number of hydrogen-bond acceptors (Lipinski definition) is 6. The van der Waals surface area contributed by atoms with E-state index >= 15 is 0 Å². The summed E-state index contributed by atoms with van der Waals surface area (Å²) < 4.78 is 12.8. The van der Waals surface area contributed by atoms with Gasteiger partial charge in [-0.15, -0.1) is 0 Å². The van der Waals surface area contributed by atoms with Crippen molar-refractivity contribution in [2.75, 3.05) is 0 Å². The second-order valence-electron chi connectivity index (χ2n) is 12.2. The van der Waals surface area contributed by atoms with E-state index in [1.54, 1.807) is 68.7 Å². The van der Waals surface area contributed by atoms with Crippen LogP contribution in [0, 0.1) is 6.92 Å². The SMILES string of the molecule is Cc1cn(Cc2ccccc2)c(=O)c(CCCC(=O)O)c1/C=C/c1ccc(C(=O)c2ccc(OC(C)(C)C(=O)OC(C)C)cc2)cc1. The molecule has 0 spiro atoms. The third-order valence-electron chi connectivity index (χ3n) is 7.57. The first-order valence-electron chi connectivity index (χ1n) is 15.7. The Morgan fingerprint density at radius 2 is 1.51 bits per heavy atom. The van der Waals surface area contributed by atoms with Gasteiger partial charge in [0.1, 0.15) is 5.75 Å². The second kappa shape index (κ2) is 15.4. The minimum absolute atomic E-state index is 0.0224. The van der Waals surface area contributed by atoms with E-state index < -0.39 is 17.5 Å². The van der Waals surface area contributed by atoms with Crippen LogP contribution in [-0.4, -0.2) is 39.1 Å². The number of carboxylic acid groups (broad SMARTS) is 1. The van der Waals surface area contributed by atoms with Crippen molar-refractivity contribution < 1.29 is 29.0 Å². The Morgan fingerprint density at radius 3 is 2.11 bits per heavy atom. The van der Waals surface area contributed by atoms with Gasteiger partial charge in [-0.2, -0.15) is 0 Å². The summed E-state index contributed by atoms with van der Waals surface area (Å²) in [6.45, 7) is 9.18. The Kier molecular flexibility index (Phi) is 11.3. The lowest BCUT2D eigenvalue weighted by molar-refractivity contribution is -0.163. The van der Waals surface area contributed by atoms with Crippen molar-refractivity contribution in [2.45, 2.75) is 72.1 Å². The molecule has 0 atom stereocenters. The molecule has 0 saturated carbocycles.